The van der Waals surface area contributed by atoms with Crippen molar-refractivity contribution < 1.29 is 19.4 Å². The SMILES string of the molecule is O=C1Cc2ccccc2N1.O=C1NCC(CO)O1. The highest BCUT2D eigenvalue weighted by Crippen LogP contribution is 2.20. The van der Waals surface area contributed by atoms with Gasteiger partial charge in [-0.25, -0.2) is 4.79 Å². The summed E-state index contributed by atoms with van der Waals surface area (Å²) in [5.41, 5.74) is 2.07. The predicted octanol–water partition coefficient (Wildman–Crippen LogP) is 0.268. The smallest absolute Gasteiger partial charge is 0.407 e. The van der Waals surface area contributed by atoms with Gasteiger partial charge in [0.05, 0.1) is 19.6 Å². The van der Waals surface area contributed by atoms with Crippen LogP contribution < -0.4 is 10.6 Å². The Bertz CT molecular complexity index is 434. The van der Waals surface area contributed by atoms with Gasteiger partial charge in [-0.1, -0.05) is 18.2 Å². The van der Waals surface area contributed by atoms with Crippen molar-refractivity contribution in [3.05, 3.63) is 29.8 Å². The first-order valence-electron chi connectivity index (χ1n) is 5.62. The molecule has 0 aromatic heterocycles. The fourth-order valence-electron chi connectivity index (χ4n) is 1.70. The van der Waals surface area contributed by atoms with Gasteiger partial charge in [-0.3, -0.25) is 4.79 Å². The van der Waals surface area contributed by atoms with Crippen LogP contribution in [0.25, 0.3) is 0 Å². The summed E-state index contributed by atoms with van der Waals surface area (Å²) in [4.78, 5) is 21.0. The van der Waals surface area contributed by atoms with E-state index in [0.29, 0.717) is 13.0 Å². The van der Waals surface area contributed by atoms with E-state index in [1.54, 1.807) is 0 Å². The van der Waals surface area contributed by atoms with Crippen LogP contribution in [0.3, 0.4) is 0 Å². The van der Waals surface area contributed by atoms with E-state index >= 15 is 0 Å². The van der Waals surface area contributed by atoms with E-state index in [1.807, 2.05) is 24.3 Å². The number of para-hydroxylation sites is 1. The Morgan fingerprint density at radius 2 is 2.11 bits per heavy atom. The molecule has 1 atom stereocenters. The zero-order valence-corrected chi connectivity index (χ0v) is 9.68. The molecule has 0 saturated carbocycles. The third-order valence-corrected chi connectivity index (χ3v) is 2.59. The van der Waals surface area contributed by atoms with E-state index in [1.165, 1.54) is 0 Å². The van der Waals surface area contributed by atoms with Gasteiger partial charge in [0.2, 0.25) is 5.91 Å². The summed E-state index contributed by atoms with van der Waals surface area (Å²) in [6.45, 7) is 0.327. The molecule has 2 aliphatic rings. The highest BCUT2D eigenvalue weighted by molar-refractivity contribution is 5.98. The summed E-state index contributed by atoms with van der Waals surface area (Å²) in [6, 6.07) is 7.75. The monoisotopic (exact) mass is 250 g/mol. The number of fused-ring (bicyclic) bond motifs is 1. The molecule has 18 heavy (non-hydrogen) atoms. The first-order chi connectivity index (χ1) is 8.69. The number of carbonyl (C=O) groups excluding carboxylic acids is 2. The molecule has 96 valence electrons. The van der Waals surface area contributed by atoms with Crippen LogP contribution in [0.15, 0.2) is 24.3 Å². The molecule has 1 fully saturated rings. The number of rotatable bonds is 1. The number of alkyl carbamates (subject to hydrolysis) is 1. The standard InChI is InChI=1S/C8H7NO.C4H7NO3/c10-8-5-6-3-1-2-4-7(6)9-8;6-2-3-1-5-4(7)8-3/h1-4H,5H2,(H,9,10);3,6H,1-2H2,(H,5,7). The van der Waals surface area contributed by atoms with E-state index < -0.39 is 6.09 Å². The maximum Gasteiger partial charge on any atom is 0.407 e. The van der Waals surface area contributed by atoms with Gasteiger partial charge >= 0.3 is 6.09 Å². The van der Waals surface area contributed by atoms with Crippen molar-refractivity contribution in [2.75, 3.05) is 18.5 Å². The first-order valence-corrected chi connectivity index (χ1v) is 5.62. The molecule has 0 bridgehead atoms. The van der Waals surface area contributed by atoms with E-state index in [9.17, 15) is 9.59 Å². The molecule has 1 unspecified atom stereocenters. The van der Waals surface area contributed by atoms with Crippen molar-refractivity contribution in [2.24, 2.45) is 0 Å². The number of cyclic esters (lactones) is 1. The molecule has 0 aliphatic carbocycles. The second-order valence-electron chi connectivity index (χ2n) is 3.97. The maximum absolute atomic E-state index is 10.8. The fourth-order valence-corrected chi connectivity index (χ4v) is 1.70. The summed E-state index contributed by atoms with van der Waals surface area (Å²) in [7, 11) is 0. The molecule has 0 radical (unpaired) electrons. The third kappa shape index (κ3) is 2.98. The zero-order valence-electron chi connectivity index (χ0n) is 9.68. The molecule has 2 heterocycles. The molecule has 3 N–H and O–H groups in total. The van der Waals surface area contributed by atoms with Crippen LogP contribution in [0.4, 0.5) is 10.5 Å². The van der Waals surface area contributed by atoms with Crippen LogP contribution in [0, 0.1) is 0 Å². The van der Waals surface area contributed by atoms with Crippen molar-refractivity contribution in [3.8, 4) is 0 Å². The summed E-state index contributed by atoms with van der Waals surface area (Å²) < 4.78 is 4.51. The molecule has 1 aromatic carbocycles. The minimum absolute atomic E-state index is 0.0983. The lowest BCUT2D eigenvalue weighted by Crippen LogP contribution is -2.17. The Labute approximate surface area is 104 Å². The minimum Gasteiger partial charge on any atom is -0.442 e. The summed E-state index contributed by atoms with van der Waals surface area (Å²) in [5, 5.41) is 13.5. The third-order valence-electron chi connectivity index (χ3n) is 2.59. The number of carbonyl (C=O) groups is 2. The molecule has 2 aliphatic heterocycles. The number of nitrogens with one attached hydrogen (secondary N) is 2. The average Bonchev–Trinajstić information content (AvgIpc) is 2.94. The van der Waals surface area contributed by atoms with Crippen molar-refractivity contribution >= 4 is 17.7 Å². The van der Waals surface area contributed by atoms with Crippen LogP contribution in [-0.4, -0.2) is 36.4 Å². The average molecular weight is 250 g/mol. The van der Waals surface area contributed by atoms with E-state index in [2.05, 4.69) is 15.4 Å². The summed E-state index contributed by atoms with van der Waals surface area (Å²) in [5.74, 6) is 0.0983. The molecule has 0 spiro atoms. The second-order valence-corrected chi connectivity index (χ2v) is 3.97. The summed E-state index contributed by atoms with van der Waals surface area (Å²) in [6.07, 6.45) is -0.234. The normalized spacial score (nSPS) is 20.2. The van der Waals surface area contributed by atoms with Gasteiger partial charge in [0.25, 0.3) is 0 Å². The van der Waals surface area contributed by atoms with Crippen LogP contribution in [0.5, 0.6) is 0 Å². The van der Waals surface area contributed by atoms with Gasteiger partial charge in [0.15, 0.2) is 0 Å². The van der Waals surface area contributed by atoms with Gasteiger partial charge in [-0.15, -0.1) is 0 Å². The van der Waals surface area contributed by atoms with Gasteiger partial charge in [0.1, 0.15) is 6.10 Å². The van der Waals surface area contributed by atoms with Crippen molar-refractivity contribution in [2.45, 2.75) is 12.5 Å². The number of ether oxygens (including phenoxy) is 1. The second kappa shape index (κ2) is 5.50. The molecule has 3 rings (SSSR count). The van der Waals surface area contributed by atoms with Crippen LogP contribution >= 0.6 is 0 Å². The largest absolute Gasteiger partial charge is 0.442 e. The van der Waals surface area contributed by atoms with Crippen molar-refractivity contribution in [1.82, 2.24) is 5.32 Å². The predicted molar refractivity (Wildman–Crippen MR) is 64.1 cm³/mol. The van der Waals surface area contributed by atoms with Crippen LogP contribution in [0.1, 0.15) is 5.56 Å². The quantitative estimate of drug-likeness (QED) is 0.667. The lowest BCUT2D eigenvalue weighted by Gasteiger charge is -1.98. The molecular weight excluding hydrogens is 236 g/mol. The number of aliphatic hydroxyl groups excluding tert-OH is 1. The Kier molecular flexibility index (Phi) is 3.78. The van der Waals surface area contributed by atoms with Crippen molar-refractivity contribution in [1.29, 1.82) is 0 Å². The molecule has 6 heteroatoms. The molecular formula is C12H14N2O4. The van der Waals surface area contributed by atoms with E-state index in [0.717, 1.165) is 11.3 Å². The summed E-state index contributed by atoms with van der Waals surface area (Å²) >= 11 is 0. The number of hydrogen-bond donors (Lipinski definition) is 3. The molecule has 1 aromatic rings. The van der Waals surface area contributed by atoms with Gasteiger partial charge in [-0.05, 0) is 11.6 Å². The zero-order chi connectivity index (χ0) is 13.0. The first kappa shape index (κ1) is 12.4. The van der Waals surface area contributed by atoms with Gasteiger partial charge < -0.3 is 20.5 Å². The van der Waals surface area contributed by atoms with E-state index in [4.69, 9.17) is 5.11 Å². The molecule has 1 saturated heterocycles. The van der Waals surface area contributed by atoms with Crippen molar-refractivity contribution in [3.63, 3.8) is 0 Å². The van der Waals surface area contributed by atoms with E-state index in [-0.39, 0.29) is 18.6 Å². The van der Waals surface area contributed by atoms with Crippen LogP contribution in [-0.2, 0) is 16.0 Å². The lowest BCUT2D eigenvalue weighted by molar-refractivity contribution is -0.115. The number of hydrogen-bond acceptors (Lipinski definition) is 4. The number of anilines is 1. The van der Waals surface area contributed by atoms with Gasteiger partial charge in [-0.2, -0.15) is 0 Å². The maximum atomic E-state index is 10.8. The molecule has 2 amide bonds. The number of benzene rings is 1. The fraction of sp³-hybridized carbons (Fsp3) is 0.333. The number of amides is 2. The van der Waals surface area contributed by atoms with Crippen LogP contribution in [0.2, 0.25) is 0 Å². The Balaban J connectivity index is 0.000000138. The highest BCUT2D eigenvalue weighted by Gasteiger charge is 2.20. The van der Waals surface area contributed by atoms with Gasteiger partial charge in [0, 0.05) is 5.69 Å². The molecule has 6 nitrogen and oxygen atoms in total. The topological polar surface area (TPSA) is 87.7 Å². The highest BCUT2D eigenvalue weighted by atomic mass is 16.6. The minimum atomic E-state index is -0.441. The number of aliphatic hydroxyl groups is 1. The Morgan fingerprint density at radius 1 is 1.33 bits per heavy atom. The lowest BCUT2D eigenvalue weighted by atomic mass is 10.2. The Morgan fingerprint density at radius 3 is 2.67 bits per heavy atom. The Hall–Kier alpha value is -2.08.